The van der Waals surface area contributed by atoms with Crippen molar-refractivity contribution in [1.29, 1.82) is 0 Å². The highest BCUT2D eigenvalue weighted by Crippen LogP contribution is 2.47. The molecule has 3 aromatic heterocycles. The minimum atomic E-state index is -0.741. The number of imidazole rings is 1. The van der Waals surface area contributed by atoms with Crippen molar-refractivity contribution in [3.05, 3.63) is 76.1 Å². The van der Waals surface area contributed by atoms with Gasteiger partial charge in [-0.15, -0.1) is 11.3 Å². The third kappa shape index (κ3) is 6.62. The minimum absolute atomic E-state index is 0.0507. The number of rotatable bonds is 7. The van der Waals surface area contributed by atoms with E-state index in [-0.39, 0.29) is 17.9 Å². The molecule has 5 aromatic rings. The molecule has 3 atom stereocenters. The van der Waals surface area contributed by atoms with E-state index in [9.17, 15) is 9.59 Å². The number of ether oxygens (including phenoxy) is 3. The van der Waals surface area contributed by atoms with Gasteiger partial charge in [0, 0.05) is 35.6 Å². The highest BCUT2D eigenvalue weighted by molar-refractivity contribution is 7.12. The fourth-order valence-corrected chi connectivity index (χ4v) is 9.51. The number of likely N-dealkylation sites (tertiary alicyclic amines) is 1. The second kappa shape index (κ2) is 14.3. The zero-order chi connectivity index (χ0) is 39.8. The summed E-state index contributed by atoms with van der Waals surface area (Å²) in [4.78, 5) is 38.7. The van der Waals surface area contributed by atoms with Gasteiger partial charge in [0.1, 0.15) is 23.4 Å². The lowest BCUT2D eigenvalue weighted by Gasteiger charge is -2.34. The summed E-state index contributed by atoms with van der Waals surface area (Å²) >= 11 is 1.65. The molecule has 15 heteroatoms. The Balaban J connectivity index is 1.04. The molecular formula is C42H47BFN5O7S. The van der Waals surface area contributed by atoms with E-state index in [0.717, 1.165) is 44.8 Å². The zero-order valence-corrected chi connectivity index (χ0v) is 33.8. The molecule has 4 aliphatic rings. The van der Waals surface area contributed by atoms with Gasteiger partial charge in [0.2, 0.25) is 12.1 Å². The first kappa shape index (κ1) is 37.9. The number of H-pyrrole nitrogens is 1. The summed E-state index contributed by atoms with van der Waals surface area (Å²) in [5, 5.41) is 3.73. The van der Waals surface area contributed by atoms with Crippen LogP contribution in [0.1, 0.15) is 81.2 Å². The number of aromatic nitrogens is 3. The summed E-state index contributed by atoms with van der Waals surface area (Å²) in [7, 11) is 0.562. The third-order valence-corrected chi connectivity index (χ3v) is 13.4. The van der Waals surface area contributed by atoms with Crippen LogP contribution in [-0.2, 0) is 23.6 Å². The van der Waals surface area contributed by atoms with E-state index in [1.807, 2.05) is 56.9 Å². The van der Waals surface area contributed by atoms with Gasteiger partial charge in [-0.3, -0.25) is 9.36 Å². The van der Waals surface area contributed by atoms with E-state index in [1.54, 1.807) is 17.5 Å². The molecule has 2 N–H and O–H groups in total. The molecule has 2 amide bonds. The first-order valence-corrected chi connectivity index (χ1v) is 20.5. The average Bonchev–Trinajstić information content (AvgIpc) is 4.03. The summed E-state index contributed by atoms with van der Waals surface area (Å²) in [5.74, 6) is 0.511. The lowest BCUT2D eigenvalue weighted by atomic mass is 9.78. The Labute approximate surface area is 335 Å². The van der Waals surface area contributed by atoms with E-state index >= 15 is 4.39 Å². The average molecular weight is 796 g/mol. The van der Waals surface area contributed by atoms with Crippen molar-refractivity contribution in [3.8, 4) is 28.3 Å². The van der Waals surface area contributed by atoms with Crippen LogP contribution in [-0.4, -0.2) is 82.7 Å². The van der Waals surface area contributed by atoms with Gasteiger partial charge in [0.15, 0.2) is 0 Å². The second-order valence-corrected chi connectivity index (χ2v) is 17.8. The fraction of sp³-hybridized carbons (Fsp3) is 0.452. The number of nitrogens with zero attached hydrogens (tertiary/aromatic N) is 3. The van der Waals surface area contributed by atoms with Gasteiger partial charge in [0.05, 0.1) is 57.9 Å². The molecule has 0 saturated carbocycles. The topological polar surface area (TPSA) is 129 Å². The normalized spacial score (nSPS) is 21.9. The number of aryl methyl sites for hydroxylation is 1. The van der Waals surface area contributed by atoms with Crippen LogP contribution in [0.3, 0.4) is 0 Å². The molecule has 298 valence electrons. The van der Waals surface area contributed by atoms with Gasteiger partial charge >= 0.3 is 13.2 Å². The molecule has 9 rings (SSSR count). The van der Waals surface area contributed by atoms with Crippen LogP contribution >= 0.6 is 11.3 Å². The van der Waals surface area contributed by atoms with Crippen molar-refractivity contribution in [2.75, 3.05) is 26.9 Å². The van der Waals surface area contributed by atoms with Gasteiger partial charge in [0.25, 0.3) is 0 Å². The molecular weight excluding hydrogens is 748 g/mol. The van der Waals surface area contributed by atoms with E-state index in [4.69, 9.17) is 28.5 Å². The van der Waals surface area contributed by atoms with Crippen LogP contribution in [0.5, 0.6) is 5.75 Å². The number of alkyl carbamates (subject to hydrolysis) is 1. The second-order valence-electron chi connectivity index (χ2n) is 16.5. The predicted octanol–water partition coefficient (Wildman–Crippen LogP) is 7.26. The number of amides is 2. The standard InChI is InChI=1S/C42H47BFN5O7S/c1-23-9-12-34(57-23)39-49-30-11-10-25(18-26(30)19-32(49)35-28(44)20-27(21-33(35)54-39)43-55-41(2,3)42(4,5)56-43)29-22-45-37(46-29)31-8-7-15-48(31)38(50)36(47-40(51)52-6)24-13-16-53-17-14-24/h9-12,18-22,24,31,36,39H,7-8,13-17H2,1-6H3,(H,45,46)(H,47,51). The number of thiophene rings is 1. The maximum absolute atomic E-state index is 16.5. The van der Waals surface area contributed by atoms with Crippen molar-refractivity contribution >= 4 is 46.8 Å². The Morgan fingerprint density at radius 1 is 1.05 bits per heavy atom. The third-order valence-electron chi connectivity index (χ3n) is 12.4. The molecule has 2 aromatic carbocycles. The quantitative estimate of drug-likeness (QED) is 0.165. The number of carbonyl (C=O) groups is 2. The minimum Gasteiger partial charge on any atom is -0.464 e. The maximum atomic E-state index is 16.5. The molecule has 0 aliphatic carbocycles. The Morgan fingerprint density at radius 2 is 1.82 bits per heavy atom. The number of nitrogens with one attached hydrogen (secondary N) is 2. The fourth-order valence-electron chi connectivity index (χ4n) is 8.61. The molecule has 0 bridgehead atoms. The molecule has 3 unspecified atom stereocenters. The summed E-state index contributed by atoms with van der Waals surface area (Å²) < 4.78 is 48.3. The van der Waals surface area contributed by atoms with Crippen LogP contribution in [0.2, 0.25) is 0 Å². The zero-order valence-electron chi connectivity index (χ0n) is 33.0. The molecule has 0 radical (unpaired) electrons. The first-order valence-electron chi connectivity index (χ1n) is 19.7. The summed E-state index contributed by atoms with van der Waals surface area (Å²) in [5.41, 5.74) is 3.09. The predicted molar refractivity (Wildman–Crippen MR) is 215 cm³/mol. The van der Waals surface area contributed by atoms with E-state index < -0.39 is 42.5 Å². The smallest absolute Gasteiger partial charge is 0.464 e. The number of fused-ring (bicyclic) bond motifs is 5. The van der Waals surface area contributed by atoms with Gasteiger partial charge < -0.3 is 38.7 Å². The molecule has 0 spiro atoms. The first-order chi connectivity index (χ1) is 27.3. The Bertz CT molecular complexity index is 2350. The molecule has 4 aliphatic heterocycles. The Kier molecular flexibility index (Phi) is 9.49. The van der Waals surface area contributed by atoms with E-state index in [1.165, 1.54) is 13.2 Å². The lowest BCUT2D eigenvalue weighted by molar-refractivity contribution is -0.136. The molecule has 57 heavy (non-hydrogen) atoms. The van der Waals surface area contributed by atoms with Crippen LogP contribution in [0.4, 0.5) is 9.18 Å². The SMILES string of the molecule is COC(=O)NC(C(=O)N1CCCC1c1ncc(-c2ccc3c(c2)cc2n3C(c3ccc(C)s3)Oc3cc(B4OC(C)(C)C(C)(C)O4)cc(F)c3-2)[nH]1)C1CCOCC1. The van der Waals surface area contributed by atoms with Crippen molar-refractivity contribution in [3.63, 3.8) is 0 Å². The summed E-state index contributed by atoms with van der Waals surface area (Å²) in [6.07, 6.45) is 3.56. The van der Waals surface area contributed by atoms with Crippen molar-refractivity contribution < 1.29 is 37.5 Å². The van der Waals surface area contributed by atoms with Gasteiger partial charge in [-0.05, 0) is 114 Å². The van der Waals surface area contributed by atoms with Crippen LogP contribution < -0.4 is 15.5 Å². The summed E-state index contributed by atoms with van der Waals surface area (Å²) in [6.45, 7) is 11.6. The van der Waals surface area contributed by atoms with Crippen molar-refractivity contribution in [1.82, 2.24) is 24.8 Å². The van der Waals surface area contributed by atoms with Crippen molar-refractivity contribution in [2.24, 2.45) is 5.92 Å². The van der Waals surface area contributed by atoms with Gasteiger partial charge in [-0.25, -0.2) is 14.2 Å². The Hall–Kier alpha value is -4.70. The molecule has 7 heterocycles. The molecule has 3 fully saturated rings. The van der Waals surface area contributed by atoms with Crippen LogP contribution in [0, 0.1) is 18.7 Å². The number of hydrogen-bond donors (Lipinski definition) is 2. The summed E-state index contributed by atoms with van der Waals surface area (Å²) in [6, 6.07) is 14.6. The molecule has 3 saturated heterocycles. The number of carbonyl (C=O) groups excluding carboxylic acids is 2. The van der Waals surface area contributed by atoms with E-state index in [0.29, 0.717) is 60.9 Å². The van der Waals surface area contributed by atoms with Crippen LogP contribution in [0.25, 0.3) is 33.4 Å². The van der Waals surface area contributed by atoms with E-state index in [2.05, 4.69) is 40.0 Å². The lowest BCUT2D eigenvalue weighted by Crippen LogP contribution is -2.53. The number of methoxy groups -OCH3 is 1. The highest BCUT2D eigenvalue weighted by atomic mass is 32.1. The number of benzene rings is 2. The van der Waals surface area contributed by atoms with Crippen LogP contribution in [0.15, 0.2) is 54.7 Å². The monoisotopic (exact) mass is 795 g/mol. The largest absolute Gasteiger partial charge is 0.495 e. The molecule has 12 nitrogen and oxygen atoms in total. The highest BCUT2D eigenvalue weighted by Gasteiger charge is 2.52. The van der Waals surface area contributed by atoms with Gasteiger partial charge in [-0.1, -0.05) is 6.07 Å². The van der Waals surface area contributed by atoms with Crippen molar-refractivity contribution in [2.45, 2.75) is 89.8 Å². The van der Waals surface area contributed by atoms with Gasteiger partial charge in [-0.2, -0.15) is 0 Å². The Morgan fingerprint density at radius 3 is 2.54 bits per heavy atom. The maximum Gasteiger partial charge on any atom is 0.495 e. The number of halogens is 1. The number of hydrogen-bond acceptors (Lipinski definition) is 9. The number of aromatic amines is 1.